The van der Waals surface area contributed by atoms with Gasteiger partial charge in [0.2, 0.25) is 5.95 Å². The Kier molecular flexibility index (Phi) is 4.97. The molecule has 1 saturated heterocycles. The van der Waals surface area contributed by atoms with Crippen molar-refractivity contribution < 1.29 is 8.78 Å². The quantitative estimate of drug-likeness (QED) is 0.532. The van der Waals surface area contributed by atoms with Crippen LogP contribution >= 0.6 is 0 Å². The third kappa shape index (κ3) is 3.44. The molecule has 1 aliphatic rings. The second kappa shape index (κ2) is 7.83. The third-order valence-corrected chi connectivity index (χ3v) is 5.80. The first-order valence-electron chi connectivity index (χ1n) is 10.4. The zero-order valence-corrected chi connectivity index (χ0v) is 17.9. The lowest BCUT2D eigenvalue weighted by Crippen LogP contribution is -2.45. The number of rotatable bonds is 3. The highest BCUT2D eigenvalue weighted by Gasteiger charge is 2.25. The van der Waals surface area contributed by atoms with Gasteiger partial charge < -0.3 is 15.5 Å². The summed E-state index contributed by atoms with van der Waals surface area (Å²) in [5.41, 5.74) is 8.88. The minimum atomic E-state index is -0.973. The second-order valence-corrected chi connectivity index (χ2v) is 8.10. The Morgan fingerprint density at radius 2 is 1.72 bits per heavy atom. The van der Waals surface area contributed by atoms with E-state index in [2.05, 4.69) is 27.0 Å². The highest BCUT2D eigenvalue weighted by molar-refractivity contribution is 5.99. The second-order valence-electron chi connectivity index (χ2n) is 8.10. The Labute approximate surface area is 184 Å². The molecule has 164 valence electrons. The SMILES string of the molecule is Cc1cccc(-n2nc3nc(N4CCN(C)CC4)nc(-c4cccc(F)c4F)c3c2N)c1. The van der Waals surface area contributed by atoms with Crippen molar-refractivity contribution in [2.75, 3.05) is 43.9 Å². The van der Waals surface area contributed by atoms with Crippen LogP contribution in [0.2, 0.25) is 0 Å². The lowest BCUT2D eigenvalue weighted by molar-refractivity contribution is 0.311. The first-order chi connectivity index (χ1) is 15.4. The van der Waals surface area contributed by atoms with Gasteiger partial charge >= 0.3 is 0 Å². The summed E-state index contributed by atoms with van der Waals surface area (Å²) in [4.78, 5) is 13.6. The number of nitrogens with zero attached hydrogens (tertiary/aromatic N) is 6. The summed E-state index contributed by atoms with van der Waals surface area (Å²) in [6.45, 7) is 5.12. The molecule has 2 aromatic carbocycles. The van der Waals surface area contributed by atoms with Crippen LogP contribution in [0.5, 0.6) is 0 Å². The van der Waals surface area contributed by atoms with Gasteiger partial charge in [-0.1, -0.05) is 18.2 Å². The number of halogens is 2. The first-order valence-corrected chi connectivity index (χ1v) is 10.4. The van der Waals surface area contributed by atoms with Crippen LogP contribution in [0, 0.1) is 18.6 Å². The van der Waals surface area contributed by atoms with Crippen molar-refractivity contribution in [3.63, 3.8) is 0 Å². The van der Waals surface area contributed by atoms with E-state index in [1.807, 2.05) is 36.1 Å². The van der Waals surface area contributed by atoms with E-state index in [9.17, 15) is 8.78 Å². The van der Waals surface area contributed by atoms with E-state index in [1.165, 1.54) is 12.1 Å². The van der Waals surface area contributed by atoms with Crippen molar-refractivity contribution in [3.8, 4) is 16.9 Å². The topological polar surface area (TPSA) is 76.1 Å². The third-order valence-electron chi connectivity index (χ3n) is 5.80. The van der Waals surface area contributed by atoms with E-state index in [-0.39, 0.29) is 17.1 Å². The molecule has 0 bridgehead atoms. The van der Waals surface area contributed by atoms with Crippen LogP contribution in [0.25, 0.3) is 28.0 Å². The zero-order valence-electron chi connectivity index (χ0n) is 17.9. The molecule has 2 N–H and O–H groups in total. The minimum Gasteiger partial charge on any atom is -0.383 e. The molecule has 2 aromatic heterocycles. The molecule has 32 heavy (non-hydrogen) atoms. The molecular formula is C23H23F2N7. The maximum atomic E-state index is 14.8. The summed E-state index contributed by atoms with van der Waals surface area (Å²) in [5, 5.41) is 5.02. The molecule has 0 amide bonds. The van der Waals surface area contributed by atoms with Gasteiger partial charge in [-0.15, -0.1) is 5.10 Å². The van der Waals surface area contributed by atoms with Crippen molar-refractivity contribution in [2.45, 2.75) is 6.92 Å². The number of hydrogen-bond acceptors (Lipinski definition) is 6. The molecule has 4 aromatic rings. The van der Waals surface area contributed by atoms with Crippen molar-refractivity contribution in [2.24, 2.45) is 0 Å². The van der Waals surface area contributed by atoms with Crippen molar-refractivity contribution >= 4 is 22.8 Å². The number of fused-ring (bicyclic) bond motifs is 1. The Bertz CT molecular complexity index is 1310. The van der Waals surface area contributed by atoms with E-state index in [0.717, 1.165) is 43.5 Å². The normalized spacial score (nSPS) is 14.9. The number of aromatic nitrogens is 4. The smallest absolute Gasteiger partial charge is 0.228 e. The largest absolute Gasteiger partial charge is 0.383 e. The zero-order chi connectivity index (χ0) is 22.4. The molecule has 3 heterocycles. The van der Waals surface area contributed by atoms with E-state index in [1.54, 1.807) is 4.68 Å². The summed E-state index contributed by atoms with van der Waals surface area (Å²) in [7, 11) is 2.05. The van der Waals surface area contributed by atoms with E-state index >= 15 is 0 Å². The summed E-state index contributed by atoms with van der Waals surface area (Å²) in [6, 6.07) is 11.7. The molecule has 1 fully saturated rings. The maximum absolute atomic E-state index is 14.8. The molecular weight excluding hydrogens is 412 g/mol. The Morgan fingerprint density at radius 3 is 2.47 bits per heavy atom. The predicted molar refractivity (Wildman–Crippen MR) is 121 cm³/mol. The average Bonchev–Trinajstić information content (AvgIpc) is 3.12. The molecule has 0 aliphatic carbocycles. The van der Waals surface area contributed by atoms with Gasteiger partial charge in [0, 0.05) is 31.7 Å². The molecule has 0 unspecified atom stereocenters. The summed E-state index contributed by atoms with van der Waals surface area (Å²) >= 11 is 0. The van der Waals surface area contributed by atoms with Crippen LogP contribution < -0.4 is 10.6 Å². The average molecular weight is 435 g/mol. The molecule has 9 heteroatoms. The standard InChI is InChI=1S/C23H23F2N7/c1-14-5-3-6-15(13-14)32-21(26)18-20(16-7-4-8-17(24)19(16)25)27-23(28-22(18)29-32)31-11-9-30(2)10-12-31/h3-8,13H,9-12,26H2,1-2H3. The molecule has 0 radical (unpaired) electrons. The monoisotopic (exact) mass is 435 g/mol. The lowest BCUT2D eigenvalue weighted by Gasteiger charge is -2.32. The number of likely N-dealkylation sites (N-methyl/N-ethyl adjacent to an activating group) is 1. The van der Waals surface area contributed by atoms with Crippen LogP contribution in [0.4, 0.5) is 20.5 Å². The summed E-state index contributed by atoms with van der Waals surface area (Å²) in [6.07, 6.45) is 0. The maximum Gasteiger partial charge on any atom is 0.228 e. The Balaban J connectivity index is 1.76. The van der Waals surface area contributed by atoms with Gasteiger partial charge in [-0.3, -0.25) is 0 Å². The summed E-state index contributed by atoms with van der Waals surface area (Å²) < 4.78 is 30.5. The van der Waals surface area contributed by atoms with Crippen LogP contribution in [0.1, 0.15) is 5.56 Å². The fourth-order valence-corrected chi connectivity index (χ4v) is 3.99. The first kappa shape index (κ1) is 20.3. The number of aryl methyl sites for hydroxylation is 1. The predicted octanol–water partition coefficient (Wildman–Crippen LogP) is 3.40. The van der Waals surface area contributed by atoms with Crippen LogP contribution in [-0.2, 0) is 0 Å². The van der Waals surface area contributed by atoms with Gasteiger partial charge in [-0.05, 0) is 43.8 Å². The van der Waals surface area contributed by atoms with Gasteiger partial charge in [0.25, 0.3) is 0 Å². The van der Waals surface area contributed by atoms with Gasteiger partial charge in [-0.2, -0.15) is 4.98 Å². The lowest BCUT2D eigenvalue weighted by atomic mass is 10.1. The number of anilines is 2. The van der Waals surface area contributed by atoms with Crippen LogP contribution in [0.3, 0.4) is 0 Å². The Morgan fingerprint density at radius 1 is 0.969 bits per heavy atom. The van der Waals surface area contributed by atoms with Crippen LogP contribution in [0.15, 0.2) is 42.5 Å². The molecule has 0 saturated carbocycles. The molecule has 0 atom stereocenters. The summed E-state index contributed by atoms with van der Waals surface area (Å²) in [5.74, 6) is -1.22. The van der Waals surface area contributed by atoms with Crippen molar-refractivity contribution in [1.29, 1.82) is 0 Å². The highest BCUT2D eigenvalue weighted by atomic mass is 19.2. The van der Waals surface area contributed by atoms with E-state index < -0.39 is 11.6 Å². The van der Waals surface area contributed by atoms with Crippen molar-refractivity contribution in [1.82, 2.24) is 24.6 Å². The number of hydrogen-bond donors (Lipinski definition) is 1. The minimum absolute atomic E-state index is 0.0308. The number of nitrogen functional groups attached to an aromatic ring is 1. The molecule has 1 aliphatic heterocycles. The molecule has 0 spiro atoms. The van der Waals surface area contributed by atoms with Crippen molar-refractivity contribution in [3.05, 3.63) is 59.7 Å². The fourth-order valence-electron chi connectivity index (χ4n) is 3.99. The highest BCUT2D eigenvalue weighted by Crippen LogP contribution is 2.35. The molecule has 7 nitrogen and oxygen atoms in total. The number of nitrogens with two attached hydrogens (primary N) is 1. The van der Waals surface area contributed by atoms with E-state index in [0.29, 0.717) is 17.0 Å². The Hall–Kier alpha value is -3.59. The van der Waals surface area contributed by atoms with E-state index in [4.69, 9.17) is 5.73 Å². The van der Waals surface area contributed by atoms with Gasteiger partial charge in [0.15, 0.2) is 17.3 Å². The molecule has 5 rings (SSSR count). The van der Waals surface area contributed by atoms with Gasteiger partial charge in [0.1, 0.15) is 5.82 Å². The number of piperazine rings is 1. The van der Waals surface area contributed by atoms with Gasteiger partial charge in [-0.25, -0.2) is 18.4 Å². The van der Waals surface area contributed by atoms with Crippen LogP contribution in [-0.4, -0.2) is 57.9 Å². The number of benzene rings is 2. The van der Waals surface area contributed by atoms with Gasteiger partial charge in [0.05, 0.1) is 16.8 Å². The fraction of sp³-hybridized carbons (Fsp3) is 0.261.